The maximum absolute atomic E-state index is 13.4. The minimum Gasteiger partial charge on any atom is -0.490 e. The smallest absolute Gasteiger partial charge is 0.313 e. The number of pyridine rings is 1. The van der Waals surface area contributed by atoms with Gasteiger partial charge in [0, 0.05) is 49.7 Å². The first-order valence-electron chi connectivity index (χ1n) is 10.4. The molecule has 30 heavy (non-hydrogen) atoms. The quantitative estimate of drug-likeness (QED) is 0.510. The number of hydrogen-bond acceptors (Lipinski definition) is 5. The van der Waals surface area contributed by atoms with Gasteiger partial charge in [-0.15, -0.1) is 5.10 Å². The van der Waals surface area contributed by atoms with Gasteiger partial charge in [-0.3, -0.25) is 9.08 Å². The molecule has 7 nitrogen and oxygen atoms in total. The summed E-state index contributed by atoms with van der Waals surface area (Å²) in [5.41, 5.74) is 3.26. The van der Waals surface area contributed by atoms with E-state index in [1.165, 1.54) is 4.40 Å². The van der Waals surface area contributed by atoms with Gasteiger partial charge in [0.15, 0.2) is 5.65 Å². The second kappa shape index (κ2) is 6.50. The Morgan fingerprint density at radius 1 is 1.17 bits per heavy atom. The van der Waals surface area contributed by atoms with E-state index in [1.807, 2.05) is 36.1 Å². The predicted molar refractivity (Wildman–Crippen MR) is 110 cm³/mol. The first-order chi connectivity index (χ1) is 14.6. The second-order valence-corrected chi connectivity index (χ2v) is 8.83. The van der Waals surface area contributed by atoms with Gasteiger partial charge in [0.1, 0.15) is 5.75 Å². The summed E-state index contributed by atoms with van der Waals surface area (Å²) in [7, 11) is 1.95. The minimum absolute atomic E-state index is 0.308. The number of aryl methyl sites for hydroxylation is 1. The fourth-order valence-corrected chi connectivity index (χ4v) is 5.04. The molecule has 2 aliphatic rings. The Kier molecular flexibility index (Phi) is 3.86. The van der Waals surface area contributed by atoms with Gasteiger partial charge in [0.05, 0.1) is 17.8 Å². The average Bonchev–Trinajstić information content (AvgIpc) is 3.24. The van der Waals surface area contributed by atoms with Crippen molar-refractivity contribution in [1.82, 2.24) is 29.3 Å². The van der Waals surface area contributed by atoms with Crippen molar-refractivity contribution in [1.29, 1.82) is 0 Å². The van der Waals surface area contributed by atoms with E-state index in [4.69, 9.17) is 4.74 Å². The van der Waals surface area contributed by atoms with Crippen LogP contribution in [-0.2, 0) is 13.5 Å². The SMILES string of the molecule is Cn1ncc2ccc(OC3CC4(C3)CN(CCc3ccn5c(F)nnc5c3)C4)cc21. The summed E-state index contributed by atoms with van der Waals surface area (Å²) in [4.78, 5) is 2.49. The number of rotatable bonds is 5. The number of halogens is 1. The molecule has 0 N–H and O–H groups in total. The molecule has 0 amide bonds. The van der Waals surface area contributed by atoms with Crippen molar-refractivity contribution in [2.45, 2.75) is 25.4 Å². The molecule has 6 rings (SSSR count). The van der Waals surface area contributed by atoms with Crippen LogP contribution in [0.5, 0.6) is 5.75 Å². The van der Waals surface area contributed by atoms with E-state index < -0.39 is 6.08 Å². The molecule has 154 valence electrons. The fraction of sp³-hybridized carbons (Fsp3) is 0.409. The van der Waals surface area contributed by atoms with Crippen LogP contribution >= 0.6 is 0 Å². The van der Waals surface area contributed by atoms with Crippen LogP contribution < -0.4 is 4.74 Å². The number of likely N-dealkylation sites (tertiary alicyclic amines) is 1. The summed E-state index contributed by atoms with van der Waals surface area (Å²) >= 11 is 0. The Bertz CT molecular complexity index is 1230. The van der Waals surface area contributed by atoms with Crippen molar-refractivity contribution in [3.05, 3.63) is 54.4 Å². The molecular weight excluding hydrogens is 383 g/mol. The van der Waals surface area contributed by atoms with Crippen LogP contribution in [0.1, 0.15) is 18.4 Å². The molecule has 0 unspecified atom stereocenters. The number of ether oxygens (including phenoxy) is 1. The van der Waals surface area contributed by atoms with Crippen LogP contribution in [0.15, 0.2) is 42.7 Å². The van der Waals surface area contributed by atoms with Gasteiger partial charge in [-0.1, -0.05) is 5.10 Å². The molecule has 4 heterocycles. The lowest BCUT2D eigenvalue weighted by atomic mass is 9.61. The molecule has 0 atom stereocenters. The molecule has 1 aliphatic heterocycles. The van der Waals surface area contributed by atoms with Crippen LogP contribution in [0.25, 0.3) is 16.6 Å². The molecule has 3 aromatic heterocycles. The zero-order valence-corrected chi connectivity index (χ0v) is 16.8. The summed E-state index contributed by atoms with van der Waals surface area (Å²) in [5, 5.41) is 12.8. The minimum atomic E-state index is -0.566. The second-order valence-electron chi connectivity index (χ2n) is 8.83. The van der Waals surface area contributed by atoms with Gasteiger partial charge in [-0.2, -0.15) is 9.49 Å². The molecule has 2 fully saturated rings. The average molecular weight is 406 g/mol. The molecule has 1 aromatic carbocycles. The third kappa shape index (κ3) is 2.94. The fourth-order valence-electron chi connectivity index (χ4n) is 5.04. The first kappa shape index (κ1) is 17.8. The van der Waals surface area contributed by atoms with E-state index >= 15 is 0 Å². The van der Waals surface area contributed by atoms with E-state index in [9.17, 15) is 4.39 Å². The van der Waals surface area contributed by atoms with Gasteiger partial charge in [0.25, 0.3) is 0 Å². The lowest BCUT2D eigenvalue weighted by molar-refractivity contribution is -0.118. The van der Waals surface area contributed by atoms with Crippen molar-refractivity contribution >= 4 is 16.6 Å². The van der Waals surface area contributed by atoms with Crippen molar-refractivity contribution in [3.63, 3.8) is 0 Å². The summed E-state index contributed by atoms with van der Waals surface area (Å²) in [6.45, 7) is 3.28. The van der Waals surface area contributed by atoms with E-state index in [0.717, 1.165) is 61.1 Å². The zero-order chi connectivity index (χ0) is 20.3. The van der Waals surface area contributed by atoms with E-state index in [1.54, 1.807) is 6.20 Å². The largest absolute Gasteiger partial charge is 0.490 e. The molecule has 1 spiro atoms. The van der Waals surface area contributed by atoms with Crippen LogP contribution in [0.4, 0.5) is 4.39 Å². The van der Waals surface area contributed by atoms with Crippen molar-refractivity contribution in [2.24, 2.45) is 12.5 Å². The Labute approximate surface area is 173 Å². The molecule has 1 aliphatic carbocycles. The molecule has 0 radical (unpaired) electrons. The highest BCUT2D eigenvalue weighted by atomic mass is 19.1. The van der Waals surface area contributed by atoms with Crippen molar-refractivity contribution < 1.29 is 9.13 Å². The summed E-state index contributed by atoms with van der Waals surface area (Å²) < 4.78 is 22.9. The molecule has 0 bridgehead atoms. The van der Waals surface area contributed by atoms with Gasteiger partial charge >= 0.3 is 6.08 Å². The monoisotopic (exact) mass is 406 g/mol. The van der Waals surface area contributed by atoms with E-state index in [0.29, 0.717) is 17.2 Å². The number of aromatic nitrogens is 5. The molecule has 4 aromatic rings. The Hall–Kier alpha value is -3.00. The Balaban J connectivity index is 0.996. The highest BCUT2D eigenvalue weighted by molar-refractivity contribution is 5.80. The summed E-state index contributed by atoms with van der Waals surface area (Å²) in [6.07, 6.45) is 6.50. The summed E-state index contributed by atoms with van der Waals surface area (Å²) in [6, 6.07) is 10.1. The highest BCUT2D eigenvalue weighted by Crippen LogP contribution is 2.49. The lowest BCUT2D eigenvalue weighted by Crippen LogP contribution is -2.64. The van der Waals surface area contributed by atoms with Crippen LogP contribution in [0, 0.1) is 11.5 Å². The van der Waals surface area contributed by atoms with Crippen LogP contribution in [0.2, 0.25) is 0 Å². The van der Waals surface area contributed by atoms with Crippen molar-refractivity contribution in [2.75, 3.05) is 19.6 Å². The predicted octanol–water partition coefficient (Wildman–Crippen LogP) is 2.84. The van der Waals surface area contributed by atoms with E-state index in [2.05, 4.69) is 32.3 Å². The molecule has 1 saturated heterocycles. The highest BCUT2D eigenvalue weighted by Gasteiger charge is 2.53. The maximum Gasteiger partial charge on any atom is 0.313 e. The first-order valence-corrected chi connectivity index (χ1v) is 10.4. The Morgan fingerprint density at radius 3 is 2.90 bits per heavy atom. The standard InChI is InChI=1S/C22H23FN6O/c1-27-19-9-17(3-2-16(19)12-24-27)30-18-10-22(11-18)13-28(14-22)6-4-15-5-7-29-20(8-15)25-26-21(29)23/h2-3,5,7-9,12,18H,4,6,10-11,13-14H2,1H3. The molecule has 8 heteroatoms. The maximum atomic E-state index is 13.4. The van der Waals surface area contributed by atoms with Gasteiger partial charge in [-0.05, 0) is 49.1 Å². The third-order valence-electron chi connectivity index (χ3n) is 6.61. The van der Waals surface area contributed by atoms with Gasteiger partial charge in [0.2, 0.25) is 0 Å². The number of fused-ring (bicyclic) bond motifs is 2. The molecular formula is C22H23FN6O. The number of nitrogens with zero attached hydrogens (tertiary/aromatic N) is 6. The topological polar surface area (TPSA) is 60.5 Å². The van der Waals surface area contributed by atoms with Gasteiger partial charge in [-0.25, -0.2) is 0 Å². The summed E-state index contributed by atoms with van der Waals surface area (Å²) in [5.74, 6) is 0.933. The third-order valence-corrected chi connectivity index (χ3v) is 6.61. The lowest BCUT2D eigenvalue weighted by Gasteiger charge is -2.58. The van der Waals surface area contributed by atoms with Crippen LogP contribution in [-0.4, -0.2) is 55.0 Å². The zero-order valence-electron chi connectivity index (χ0n) is 16.8. The van der Waals surface area contributed by atoms with Crippen LogP contribution in [0.3, 0.4) is 0 Å². The number of benzene rings is 1. The number of hydrogen-bond donors (Lipinski definition) is 0. The molecule has 1 saturated carbocycles. The normalized spacial score (nSPS) is 18.7. The van der Waals surface area contributed by atoms with E-state index in [-0.39, 0.29) is 0 Å². The van der Waals surface area contributed by atoms with Gasteiger partial charge < -0.3 is 9.64 Å². The Morgan fingerprint density at radius 2 is 2.03 bits per heavy atom. The van der Waals surface area contributed by atoms with Crippen molar-refractivity contribution in [3.8, 4) is 5.75 Å².